The summed E-state index contributed by atoms with van der Waals surface area (Å²) in [7, 11) is 0. The maximum atomic E-state index is 12.1. The molecule has 3 aromatic rings. The van der Waals surface area contributed by atoms with Crippen LogP contribution in [0.25, 0.3) is 16.3 Å². The molecular formula is C21H22N2O2S. The molecule has 0 unspecified atom stereocenters. The van der Waals surface area contributed by atoms with Crippen LogP contribution in [0.2, 0.25) is 0 Å². The Morgan fingerprint density at radius 3 is 2.81 bits per heavy atom. The molecule has 5 heteroatoms. The van der Waals surface area contributed by atoms with Gasteiger partial charge in [0.05, 0.1) is 16.8 Å². The monoisotopic (exact) mass is 366 g/mol. The molecule has 1 aromatic heterocycles. The molecule has 1 amide bonds. The van der Waals surface area contributed by atoms with Gasteiger partial charge >= 0.3 is 0 Å². The van der Waals surface area contributed by atoms with Crippen molar-refractivity contribution in [1.82, 2.24) is 4.98 Å². The lowest BCUT2D eigenvalue weighted by Crippen LogP contribution is -2.07. The predicted octanol–water partition coefficient (Wildman–Crippen LogP) is 5.44. The van der Waals surface area contributed by atoms with Gasteiger partial charge in [-0.1, -0.05) is 42.9 Å². The molecule has 0 aliphatic heterocycles. The number of rotatable bonds is 7. The number of carbonyl (C=O) groups is 1. The third-order valence-electron chi connectivity index (χ3n) is 3.85. The molecular weight excluding hydrogens is 344 g/mol. The van der Waals surface area contributed by atoms with Crippen LogP contribution in [0, 0.1) is 6.92 Å². The van der Waals surface area contributed by atoms with E-state index in [1.807, 2.05) is 43.3 Å². The quantitative estimate of drug-likeness (QED) is 0.448. The highest BCUT2D eigenvalue weighted by Gasteiger charge is 2.06. The smallest absolute Gasteiger partial charge is 0.250 e. The molecule has 0 radical (unpaired) electrons. The number of fused-ring (bicyclic) bond motifs is 1. The number of nitrogens with zero attached hydrogens (tertiary/aromatic N) is 1. The molecule has 0 bridgehead atoms. The number of unbranched alkanes of at least 4 members (excludes halogenated alkanes) is 1. The minimum Gasteiger partial charge on any atom is -0.494 e. The molecule has 4 nitrogen and oxygen atoms in total. The molecule has 3 rings (SSSR count). The number of aryl methyl sites for hydroxylation is 1. The van der Waals surface area contributed by atoms with E-state index < -0.39 is 0 Å². The minimum atomic E-state index is -0.191. The highest BCUT2D eigenvalue weighted by atomic mass is 32.1. The summed E-state index contributed by atoms with van der Waals surface area (Å²) in [4.78, 5) is 16.5. The average molecular weight is 366 g/mol. The molecule has 0 spiro atoms. The molecule has 0 saturated heterocycles. The number of nitrogens with one attached hydrogen (secondary N) is 1. The Kier molecular flexibility index (Phi) is 6.02. The number of carbonyl (C=O) groups excluding carboxylic acids is 1. The second-order valence-corrected chi connectivity index (χ2v) is 7.11. The van der Waals surface area contributed by atoms with Gasteiger partial charge in [0.1, 0.15) is 5.75 Å². The van der Waals surface area contributed by atoms with E-state index in [9.17, 15) is 4.79 Å². The average Bonchev–Trinajstić information content (AvgIpc) is 3.02. The lowest BCUT2D eigenvalue weighted by Gasteiger charge is -2.04. The first-order valence-corrected chi connectivity index (χ1v) is 9.55. The van der Waals surface area contributed by atoms with E-state index >= 15 is 0 Å². The number of anilines is 1. The van der Waals surface area contributed by atoms with E-state index in [0.29, 0.717) is 5.13 Å². The molecule has 0 fully saturated rings. The van der Waals surface area contributed by atoms with Gasteiger partial charge in [-0.05, 0) is 54.8 Å². The molecule has 26 heavy (non-hydrogen) atoms. The lowest BCUT2D eigenvalue weighted by molar-refractivity contribution is -0.111. The summed E-state index contributed by atoms with van der Waals surface area (Å²) in [5.74, 6) is 0.661. The van der Waals surface area contributed by atoms with Crippen LogP contribution in [0.4, 0.5) is 5.13 Å². The van der Waals surface area contributed by atoms with Crippen molar-refractivity contribution in [3.05, 3.63) is 59.7 Å². The Morgan fingerprint density at radius 1 is 1.23 bits per heavy atom. The molecule has 134 valence electrons. The number of hydrogen-bond donors (Lipinski definition) is 1. The molecule has 0 saturated carbocycles. The third kappa shape index (κ3) is 4.92. The van der Waals surface area contributed by atoms with E-state index in [1.165, 1.54) is 23.0 Å². The largest absolute Gasteiger partial charge is 0.494 e. The number of benzene rings is 2. The van der Waals surface area contributed by atoms with Crippen molar-refractivity contribution in [2.45, 2.75) is 26.7 Å². The van der Waals surface area contributed by atoms with Crippen LogP contribution in [0.5, 0.6) is 5.75 Å². The fourth-order valence-electron chi connectivity index (χ4n) is 2.41. The summed E-state index contributed by atoms with van der Waals surface area (Å²) in [5.41, 5.74) is 3.03. The SMILES string of the molecule is CCCCOc1ccc(/C=C/C(=O)Nc2nc3ccc(C)cc3s2)cc1. The van der Waals surface area contributed by atoms with Crippen molar-refractivity contribution >= 4 is 38.7 Å². The van der Waals surface area contributed by atoms with E-state index in [0.717, 1.165) is 41.0 Å². The fourth-order valence-corrected chi connectivity index (χ4v) is 3.38. The van der Waals surface area contributed by atoms with Gasteiger partial charge < -0.3 is 4.74 Å². The van der Waals surface area contributed by atoms with Gasteiger partial charge in [-0.25, -0.2) is 4.98 Å². The summed E-state index contributed by atoms with van der Waals surface area (Å²) in [6, 6.07) is 13.8. The van der Waals surface area contributed by atoms with Crippen LogP contribution in [0.1, 0.15) is 30.9 Å². The van der Waals surface area contributed by atoms with Gasteiger partial charge in [0.25, 0.3) is 0 Å². The Balaban J connectivity index is 1.58. The van der Waals surface area contributed by atoms with Gasteiger partial charge in [0.15, 0.2) is 5.13 Å². The Morgan fingerprint density at radius 2 is 2.04 bits per heavy atom. The van der Waals surface area contributed by atoms with Crippen molar-refractivity contribution in [3.63, 3.8) is 0 Å². The first-order valence-electron chi connectivity index (χ1n) is 8.73. The standard InChI is InChI=1S/C21H22N2O2S/c1-3-4-13-25-17-9-6-16(7-10-17)8-12-20(24)23-21-22-18-11-5-15(2)14-19(18)26-21/h5-12,14H,3-4,13H2,1-2H3,(H,22,23,24)/b12-8+. The van der Waals surface area contributed by atoms with Crippen LogP contribution >= 0.6 is 11.3 Å². The van der Waals surface area contributed by atoms with Crippen molar-refractivity contribution < 1.29 is 9.53 Å². The number of amides is 1. The van der Waals surface area contributed by atoms with E-state index in [2.05, 4.69) is 23.3 Å². The van der Waals surface area contributed by atoms with Gasteiger partial charge in [-0.2, -0.15) is 0 Å². The van der Waals surface area contributed by atoms with Crippen molar-refractivity contribution in [2.75, 3.05) is 11.9 Å². The first kappa shape index (κ1) is 18.1. The van der Waals surface area contributed by atoms with Crippen LogP contribution < -0.4 is 10.1 Å². The van der Waals surface area contributed by atoms with E-state index in [-0.39, 0.29) is 5.91 Å². The summed E-state index contributed by atoms with van der Waals surface area (Å²) in [6.07, 6.45) is 5.46. The van der Waals surface area contributed by atoms with Crippen LogP contribution in [0.15, 0.2) is 48.5 Å². The highest BCUT2D eigenvalue weighted by molar-refractivity contribution is 7.22. The molecule has 1 N–H and O–H groups in total. The second-order valence-electron chi connectivity index (χ2n) is 6.08. The zero-order valence-corrected chi connectivity index (χ0v) is 15.8. The van der Waals surface area contributed by atoms with Gasteiger partial charge in [0.2, 0.25) is 5.91 Å². The van der Waals surface area contributed by atoms with E-state index in [4.69, 9.17) is 4.74 Å². The fraction of sp³-hybridized carbons (Fsp3) is 0.238. The zero-order chi connectivity index (χ0) is 18.4. The van der Waals surface area contributed by atoms with Crippen LogP contribution in [0.3, 0.4) is 0 Å². The Labute approximate surface area is 157 Å². The van der Waals surface area contributed by atoms with Crippen LogP contribution in [-0.2, 0) is 4.79 Å². The maximum Gasteiger partial charge on any atom is 0.250 e. The lowest BCUT2D eigenvalue weighted by atomic mass is 10.2. The first-order chi connectivity index (χ1) is 12.6. The predicted molar refractivity (Wildman–Crippen MR) is 109 cm³/mol. The van der Waals surface area contributed by atoms with Gasteiger partial charge in [0, 0.05) is 6.08 Å². The number of ether oxygens (including phenoxy) is 1. The molecule has 2 aromatic carbocycles. The summed E-state index contributed by atoms with van der Waals surface area (Å²) in [6.45, 7) is 4.91. The number of aromatic nitrogens is 1. The van der Waals surface area contributed by atoms with Crippen molar-refractivity contribution in [2.24, 2.45) is 0 Å². The molecule has 0 aliphatic rings. The summed E-state index contributed by atoms with van der Waals surface area (Å²) < 4.78 is 6.71. The topological polar surface area (TPSA) is 51.2 Å². The van der Waals surface area contributed by atoms with E-state index in [1.54, 1.807) is 6.08 Å². The summed E-state index contributed by atoms with van der Waals surface area (Å²) in [5, 5.41) is 3.43. The molecule has 1 heterocycles. The number of thiazole rings is 1. The zero-order valence-electron chi connectivity index (χ0n) is 15.0. The minimum absolute atomic E-state index is 0.191. The second kappa shape index (κ2) is 8.63. The molecule has 0 aliphatic carbocycles. The Hall–Kier alpha value is -2.66. The van der Waals surface area contributed by atoms with Gasteiger partial charge in [-0.15, -0.1) is 0 Å². The maximum absolute atomic E-state index is 12.1. The summed E-state index contributed by atoms with van der Waals surface area (Å²) >= 11 is 1.48. The van der Waals surface area contributed by atoms with Crippen molar-refractivity contribution in [3.8, 4) is 5.75 Å². The van der Waals surface area contributed by atoms with Crippen LogP contribution in [-0.4, -0.2) is 17.5 Å². The molecule has 0 atom stereocenters. The highest BCUT2D eigenvalue weighted by Crippen LogP contribution is 2.26. The normalized spacial score (nSPS) is 11.2. The van der Waals surface area contributed by atoms with Crippen molar-refractivity contribution in [1.29, 1.82) is 0 Å². The Bertz CT molecular complexity index is 913. The van der Waals surface area contributed by atoms with Gasteiger partial charge in [-0.3, -0.25) is 10.1 Å². The third-order valence-corrected chi connectivity index (χ3v) is 4.78. The number of hydrogen-bond acceptors (Lipinski definition) is 4.